The van der Waals surface area contributed by atoms with Gasteiger partial charge < -0.3 is 15.4 Å². The largest absolute Gasteiger partial charge is 0.350 e. The molecule has 0 amide bonds. The molecule has 3 aromatic heterocycles. The van der Waals surface area contributed by atoms with Crippen LogP contribution in [-0.4, -0.2) is 43.7 Å². The number of nitrogens with zero attached hydrogens (tertiary/aromatic N) is 5. The summed E-state index contributed by atoms with van der Waals surface area (Å²) >= 11 is 7.73. The molecule has 0 saturated carbocycles. The van der Waals surface area contributed by atoms with Crippen molar-refractivity contribution < 1.29 is 1.43 Å². The molecular weight excluding hydrogens is 492 g/mol. The molecule has 2 aromatic carbocycles. The highest BCUT2D eigenvalue weighted by atomic mass is 35.5. The van der Waals surface area contributed by atoms with Crippen LogP contribution in [0.5, 0.6) is 0 Å². The number of aryl methyl sites for hydroxylation is 1. The minimum Gasteiger partial charge on any atom is -0.350 e. The summed E-state index contributed by atoms with van der Waals surface area (Å²) in [5, 5.41) is 13.1. The van der Waals surface area contributed by atoms with Crippen molar-refractivity contribution in [3.8, 4) is 11.3 Å². The van der Waals surface area contributed by atoms with Gasteiger partial charge in [0.25, 0.3) is 0 Å². The van der Waals surface area contributed by atoms with Crippen molar-refractivity contribution in [2.75, 3.05) is 23.1 Å². The minimum absolute atomic E-state index is 0. The first-order chi connectivity index (χ1) is 17.7. The molecule has 1 fully saturated rings. The number of aromatic nitrogens is 5. The van der Waals surface area contributed by atoms with Crippen LogP contribution in [0.2, 0.25) is 5.02 Å². The van der Waals surface area contributed by atoms with Crippen molar-refractivity contribution in [3.05, 3.63) is 71.6 Å². The lowest BCUT2D eigenvalue weighted by molar-refractivity contribution is 0.782. The van der Waals surface area contributed by atoms with Gasteiger partial charge in [0.05, 0.1) is 16.2 Å². The molecular formula is C26H27ClN8S. The van der Waals surface area contributed by atoms with E-state index in [1.165, 1.54) is 17.5 Å². The van der Waals surface area contributed by atoms with Crippen LogP contribution in [-0.2, 0) is 6.42 Å². The number of rotatable bonds is 7. The van der Waals surface area contributed by atoms with Crippen molar-refractivity contribution >= 4 is 51.7 Å². The third-order valence-corrected chi connectivity index (χ3v) is 7.69. The zero-order chi connectivity index (χ0) is 24.5. The summed E-state index contributed by atoms with van der Waals surface area (Å²) in [6.45, 7) is 4.12. The molecule has 1 unspecified atom stereocenters. The van der Waals surface area contributed by atoms with Gasteiger partial charge in [0, 0.05) is 36.1 Å². The summed E-state index contributed by atoms with van der Waals surface area (Å²) in [5.74, 6) is 1.41. The normalized spacial score (nSPS) is 15.6. The van der Waals surface area contributed by atoms with E-state index < -0.39 is 0 Å². The van der Waals surface area contributed by atoms with E-state index in [-0.39, 0.29) is 1.43 Å². The Labute approximate surface area is 219 Å². The van der Waals surface area contributed by atoms with E-state index in [9.17, 15) is 0 Å². The van der Waals surface area contributed by atoms with Gasteiger partial charge in [-0.25, -0.2) is 19.5 Å². The molecule has 0 aliphatic carbocycles. The van der Waals surface area contributed by atoms with Crippen molar-refractivity contribution in [1.82, 2.24) is 29.9 Å². The van der Waals surface area contributed by atoms with Gasteiger partial charge in [-0.3, -0.25) is 0 Å². The quantitative estimate of drug-likeness (QED) is 0.236. The van der Waals surface area contributed by atoms with E-state index in [0.717, 1.165) is 64.3 Å². The van der Waals surface area contributed by atoms with Gasteiger partial charge in [-0.1, -0.05) is 30.7 Å². The number of fused-ring (bicyclic) bond motifs is 2. The van der Waals surface area contributed by atoms with Crippen molar-refractivity contribution in [1.29, 1.82) is 0 Å². The Morgan fingerprint density at radius 1 is 1.19 bits per heavy atom. The fourth-order valence-corrected chi connectivity index (χ4v) is 5.46. The first-order valence-corrected chi connectivity index (χ1v) is 13.2. The smallest absolute Gasteiger partial charge is 0.223 e. The molecule has 4 heterocycles. The Balaban J connectivity index is 0.00000280. The molecule has 36 heavy (non-hydrogen) atoms. The minimum atomic E-state index is 0. The zero-order valence-corrected chi connectivity index (χ0v) is 21.3. The molecule has 184 valence electrons. The Kier molecular flexibility index (Phi) is 6.35. The van der Waals surface area contributed by atoms with Crippen molar-refractivity contribution in [2.45, 2.75) is 30.7 Å². The highest BCUT2D eigenvalue weighted by Gasteiger charge is 2.17. The molecule has 8 nitrogen and oxygen atoms in total. The summed E-state index contributed by atoms with van der Waals surface area (Å²) in [5.41, 5.74) is 5.08. The molecule has 1 aliphatic rings. The predicted octanol–water partition coefficient (Wildman–Crippen LogP) is 5.69. The van der Waals surface area contributed by atoms with Crippen LogP contribution in [0.4, 0.5) is 11.8 Å². The maximum absolute atomic E-state index is 6.31. The number of benzene rings is 2. The van der Waals surface area contributed by atoms with E-state index in [1.807, 2.05) is 41.0 Å². The third-order valence-electron chi connectivity index (χ3n) is 6.38. The summed E-state index contributed by atoms with van der Waals surface area (Å²) in [6.07, 6.45) is 5.42. The maximum Gasteiger partial charge on any atom is 0.223 e. The second-order valence-corrected chi connectivity index (χ2v) is 9.97. The number of hydrogen-bond acceptors (Lipinski definition) is 8. The van der Waals surface area contributed by atoms with Crippen molar-refractivity contribution in [2.24, 2.45) is 0 Å². The highest BCUT2D eigenvalue weighted by molar-refractivity contribution is 8.00. The second-order valence-electron chi connectivity index (χ2n) is 8.71. The lowest BCUT2D eigenvalue weighted by atomic mass is 10.0. The van der Waals surface area contributed by atoms with Crippen LogP contribution < -0.4 is 15.4 Å². The lowest BCUT2D eigenvalue weighted by Gasteiger charge is -2.13. The Hall–Kier alpha value is -3.40. The van der Waals surface area contributed by atoms with Gasteiger partial charge in [-0.2, -0.15) is 5.10 Å². The molecule has 5 aromatic rings. The molecule has 1 saturated heterocycles. The van der Waals surface area contributed by atoms with Gasteiger partial charge in [0.1, 0.15) is 11.8 Å². The van der Waals surface area contributed by atoms with E-state index in [4.69, 9.17) is 16.6 Å². The molecule has 6 rings (SSSR count). The fraction of sp³-hybridized carbons (Fsp3) is 0.231. The molecule has 1 atom stereocenters. The summed E-state index contributed by atoms with van der Waals surface area (Å²) in [4.78, 5) is 14.9. The SMILES string of the molecule is CCc1cc(-c2ccc3c(NSc4ccccc4Cl)ncnn23)cc2cnc(NC3CCNC3)nc12.[HH]. The van der Waals surface area contributed by atoms with E-state index in [1.54, 1.807) is 6.33 Å². The van der Waals surface area contributed by atoms with Crippen LogP contribution >= 0.6 is 23.5 Å². The van der Waals surface area contributed by atoms with Gasteiger partial charge in [0.15, 0.2) is 5.82 Å². The highest BCUT2D eigenvalue weighted by Crippen LogP contribution is 2.32. The Morgan fingerprint density at radius 3 is 2.94 bits per heavy atom. The van der Waals surface area contributed by atoms with Crippen LogP contribution in [0.3, 0.4) is 0 Å². The number of halogens is 1. The van der Waals surface area contributed by atoms with Gasteiger partial charge in [0.2, 0.25) is 5.95 Å². The zero-order valence-electron chi connectivity index (χ0n) is 19.7. The maximum atomic E-state index is 6.31. The topological polar surface area (TPSA) is 92.1 Å². The van der Waals surface area contributed by atoms with Crippen LogP contribution in [0.1, 0.15) is 20.3 Å². The molecule has 3 N–H and O–H groups in total. The molecule has 1 aliphatic heterocycles. The third kappa shape index (κ3) is 4.45. The average molecular weight is 519 g/mol. The lowest BCUT2D eigenvalue weighted by Crippen LogP contribution is -2.23. The number of anilines is 2. The standard InChI is InChI=1S/C26H25ClN8S.H2/c1-2-16-11-17(12-18-13-29-26(33-24(16)18)32-19-9-10-28-14-19)21-7-8-22-25(30-15-31-35(21)22)34-36-23-6-4-3-5-20(23)27;/h3-8,11-13,15,19,28H,2,9-10,14H2,1H3,(H,29,32,33)(H,30,31,34);1H. The molecule has 0 bridgehead atoms. The number of hydrogen-bond donors (Lipinski definition) is 3. The average Bonchev–Trinajstić information content (AvgIpc) is 3.58. The predicted molar refractivity (Wildman–Crippen MR) is 149 cm³/mol. The fourth-order valence-electron chi connectivity index (χ4n) is 4.53. The molecule has 0 spiro atoms. The van der Waals surface area contributed by atoms with Crippen LogP contribution in [0.15, 0.2) is 66.0 Å². The first kappa shape index (κ1) is 23.0. The second kappa shape index (κ2) is 9.93. The monoisotopic (exact) mass is 518 g/mol. The van der Waals surface area contributed by atoms with Gasteiger partial charge in [-0.05, 0) is 73.3 Å². The van der Waals surface area contributed by atoms with Crippen LogP contribution in [0, 0.1) is 0 Å². The number of nitrogens with one attached hydrogen (secondary N) is 3. The summed E-state index contributed by atoms with van der Waals surface area (Å²) in [6, 6.07) is 16.5. The van der Waals surface area contributed by atoms with Crippen LogP contribution in [0.25, 0.3) is 27.7 Å². The Bertz CT molecular complexity index is 1550. The van der Waals surface area contributed by atoms with Gasteiger partial charge in [-0.15, -0.1) is 0 Å². The summed E-state index contributed by atoms with van der Waals surface area (Å²) < 4.78 is 5.24. The first-order valence-electron chi connectivity index (χ1n) is 12.0. The van der Waals surface area contributed by atoms with E-state index in [2.05, 4.69) is 55.5 Å². The van der Waals surface area contributed by atoms with Crippen molar-refractivity contribution in [3.63, 3.8) is 0 Å². The van der Waals surface area contributed by atoms with E-state index in [0.29, 0.717) is 17.0 Å². The molecule has 0 radical (unpaired) electrons. The van der Waals surface area contributed by atoms with Gasteiger partial charge >= 0.3 is 0 Å². The summed E-state index contributed by atoms with van der Waals surface area (Å²) in [7, 11) is 0. The molecule has 10 heteroatoms. The van der Waals surface area contributed by atoms with E-state index >= 15 is 0 Å². The Morgan fingerprint density at radius 2 is 2.11 bits per heavy atom.